The van der Waals surface area contributed by atoms with Gasteiger partial charge in [0, 0.05) is 0 Å². The lowest BCUT2D eigenvalue weighted by atomic mass is 10.4. The Morgan fingerprint density at radius 2 is 2.27 bits per heavy atom. The van der Waals surface area contributed by atoms with Crippen molar-refractivity contribution in [1.82, 2.24) is 9.71 Å². The molecule has 0 aliphatic rings. The molecule has 0 radical (unpaired) electrons. The van der Waals surface area contributed by atoms with Gasteiger partial charge in [-0.25, -0.2) is 9.59 Å². The van der Waals surface area contributed by atoms with Gasteiger partial charge in [-0.2, -0.15) is 4.98 Å². The smallest absolute Gasteiger partial charge is 0.381 e. The van der Waals surface area contributed by atoms with Gasteiger partial charge in [-0.05, 0) is 6.07 Å². The van der Waals surface area contributed by atoms with E-state index in [2.05, 4.69) is 4.98 Å². The van der Waals surface area contributed by atoms with Crippen LogP contribution in [0.4, 0.5) is 0 Å². The minimum Gasteiger partial charge on any atom is -0.477 e. The van der Waals surface area contributed by atoms with Crippen LogP contribution in [-0.2, 0) is 0 Å². The van der Waals surface area contributed by atoms with Crippen molar-refractivity contribution in [3.05, 3.63) is 28.4 Å². The largest absolute Gasteiger partial charge is 0.477 e. The molecule has 0 aliphatic carbocycles. The van der Waals surface area contributed by atoms with Gasteiger partial charge in [0.05, 0.1) is 6.20 Å². The van der Waals surface area contributed by atoms with Crippen LogP contribution in [0.15, 0.2) is 17.1 Å². The van der Waals surface area contributed by atoms with Crippen molar-refractivity contribution < 1.29 is 15.1 Å². The molecule has 1 aromatic rings. The lowest BCUT2D eigenvalue weighted by molar-refractivity contribution is 0.0687. The maximum absolute atomic E-state index is 10.5. The summed E-state index contributed by atoms with van der Waals surface area (Å²) in [5.41, 5.74) is -1.40. The highest BCUT2D eigenvalue weighted by molar-refractivity contribution is 5.84. The van der Waals surface area contributed by atoms with E-state index in [1.807, 2.05) is 0 Å². The van der Waals surface area contributed by atoms with Gasteiger partial charge in [0.15, 0.2) is 5.69 Å². The first-order valence-electron chi connectivity index (χ1n) is 2.63. The number of aromatic carboxylic acids is 1. The summed E-state index contributed by atoms with van der Waals surface area (Å²) in [5.74, 6) is -1.30. The summed E-state index contributed by atoms with van der Waals surface area (Å²) in [6.07, 6.45) is 0.915. The lowest BCUT2D eigenvalue weighted by Gasteiger charge is -1.93. The Morgan fingerprint density at radius 1 is 1.64 bits per heavy atom. The van der Waals surface area contributed by atoms with Crippen molar-refractivity contribution in [3.8, 4) is 0 Å². The molecule has 0 spiro atoms. The van der Waals surface area contributed by atoms with Crippen LogP contribution in [0.25, 0.3) is 0 Å². The molecule has 0 saturated heterocycles. The average Bonchev–Trinajstić information content (AvgIpc) is 1.94. The molecule has 6 heteroatoms. The fourth-order valence-corrected chi connectivity index (χ4v) is 0.516. The van der Waals surface area contributed by atoms with Crippen LogP contribution in [0.1, 0.15) is 10.5 Å². The summed E-state index contributed by atoms with van der Waals surface area (Å²) >= 11 is 0. The second kappa shape index (κ2) is 2.41. The van der Waals surface area contributed by atoms with Crippen LogP contribution < -0.4 is 5.69 Å². The van der Waals surface area contributed by atoms with Gasteiger partial charge in [0.1, 0.15) is 0 Å². The van der Waals surface area contributed by atoms with E-state index in [1.54, 1.807) is 0 Å². The van der Waals surface area contributed by atoms with Crippen LogP contribution in [0.2, 0.25) is 0 Å². The SMILES string of the molecule is O=C(O)c1ccn(O)c(=O)n1. The summed E-state index contributed by atoms with van der Waals surface area (Å²) in [5, 5.41) is 16.9. The third-order valence-electron chi connectivity index (χ3n) is 1.00. The summed E-state index contributed by atoms with van der Waals surface area (Å²) in [7, 11) is 0. The second-order valence-corrected chi connectivity index (χ2v) is 1.75. The van der Waals surface area contributed by atoms with Crippen molar-refractivity contribution in [2.45, 2.75) is 0 Å². The van der Waals surface area contributed by atoms with Crippen molar-refractivity contribution in [2.24, 2.45) is 0 Å². The molecule has 58 valence electrons. The van der Waals surface area contributed by atoms with Gasteiger partial charge in [-0.3, -0.25) is 0 Å². The van der Waals surface area contributed by atoms with Gasteiger partial charge in [-0.15, -0.1) is 4.73 Å². The topological polar surface area (TPSA) is 92.4 Å². The van der Waals surface area contributed by atoms with Gasteiger partial charge in [-0.1, -0.05) is 0 Å². The zero-order chi connectivity index (χ0) is 8.43. The summed E-state index contributed by atoms with van der Waals surface area (Å²) in [6.45, 7) is 0. The van der Waals surface area contributed by atoms with E-state index in [9.17, 15) is 9.59 Å². The van der Waals surface area contributed by atoms with E-state index in [-0.39, 0.29) is 10.4 Å². The molecule has 1 rings (SSSR count). The minimum atomic E-state index is -1.30. The molecule has 2 N–H and O–H groups in total. The summed E-state index contributed by atoms with van der Waals surface area (Å²) < 4.78 is 0.201. The molecule has 0 aromatic carbocycles. The number of nitrogens with zero attached hydrogens (tertiary/aromatic N) is 2. The highest BCUT2D eigenvalue weighted by Gasteiger charge is 2.04. The van der Waals surface area contributed by atoms with E-state index in [0.717, 1.165) is 12.3 Å². The number of aromatic nitrogens is 2. The summed E-state index contributed by atoms with van der Waals surface area (Å²) in [6, 6.07) is 1.02. The van der Waals surface area contributed by atoms with E-state index in [0.29, 0.717) is 0 Å². The molecule has 1 heterocycles. The number of carboxylic acids is 1. The molecule has 0 atom stereocenters. The minimum absolute atomic E-state index is 0.201. The molecular formula is C5H4N2O4. The lowest BCUT2D eigenvalue weighted by Crippen LogP contribution is -2.22. The van der Waals surface area contributed by atoms with Crippen LogP contribution in [0.5, 0.6) is 0 Å². The van der Waals surface area contributed by atoms with E-state index < -0.39 is 11.7 Å². The molecule has 6 nitrogen and oxygen atoms in total. The Morgan fingerprint density at radius 3 is 2.73 bits per heavy atom. The van der Waals surface area contributed by atoms with Gasteiger partial charge >= 0.3 is 11.7 Å². The standard InChI is InChI=1S/C5H4N2O4/c8-4(9)3-1-2-7(11)5(10)6-3/h1-2,11H,(H,8,9). The predicted molar refractivity (Wildman–Crippen MR) is 32.6 cm³/mol. The van der Waals surface area contributed by atoms with Crippen molar-refractivity contribution in [1.29, 1.82) is 0 Å². The highest BCUT2D eigenvalue weighted by Crippen LogP contribution is 1.87. The first-order valence-corrected chi connectivity index (χ1v) is 2.63. The Balaban J connectivity index is 3.26. The van der Waals surface area contributed by atoms with Crippen LogP contribution >= 0.6 is 0 Å². The normalized spacial score (nSPS) is 9.45. The van der Waals surface area contributed by atoms with E-state index >= 15 is 0 Å². The maximum Gasteiger partial charge on any atom is 0.381 e. The Kier molecular flexibility index (Phi) is 1.59. The Labute approximate surface area is 60.3 Å². The summed E-state index contributed by atoms with van der Waals surface area (Å²) in [4.78, 5) is 23.7. The fraction of sp³-hybridized carbons (Fsp3) is 0. The molecule has 0 fully saturated rings. The predicted octanol–water partition coefficient (Wildman–Crippen LogP) is -0.821. The molecule has 11 heavy (non-hydrogen) atoms. The number of hydrogen-bond acceptors (Lipinski definition) is 4. The number of carbonyl (C=O) groups is 1. The molecule has 0 aliphatic heterocycles. The molecule has 0 saturated carbocycles. The van der Waals surface area contributed by atoms with Crippen molar-refractivity contribution in [2.75, 3.05) is 0 Å². The zero-order valence-electron chi connectivity index (χ0n) is 5.26. The zero-order valence-corrected chi connectivity index (χ0v) is 5.26. The maximum atomic E-state index is 10.5. The van der Waals surface area contributed by atoms with E-state index in [4.69, 9.17) is 10.3 Å². The quantitative estimate of drug-likeness (QED) is 0.518. The van der Waals surface area contributed by atoms with Crippen molar-refractivity contribution in [3.63, 3.8) is 0 Å². The monoisotopic (exact) mass is 156 g/mol. The molecule has 0 bridgehead atoms. The Bertz CT molecular complexity index is 343. The number of carboxylic acid groups (broad SMARTS) is 1. The first kappa shape index (κ1) is 7.26. The first-order chi connectivity index (χ1) is 5.11. The van der Waals surface area contributed by atoms with Gasteiger partial charge in [0.2, 0.25) is 0 Å². The Hall–Kier alpha value is -1.85. The average molecular weight is 156 g/mol. The highest BCUT2D eigenvalue weighted by atomic mass is 16.5. The van der Waals surface area contributed by atoms with E-state index in [1.165, 1.54) is 0 Å². The van der Waals surface area contributed by atoms with Crippen LogP contribution in [0.3, 0.4) is 0 Å². The second-order valence-electron chi connectivity index (χ2n) is 1.75. The number of hydrogen-bond donors (Lipinski definition) is 2. The third-order valence-corrected chi connectivity index (χ3v) is 1.00. The molecule has 1 aromatic heterocycles. The molecular weight excluding hydrogens is 152 g/mol. The molecule has 0 unspecified atom stereocenters. The van der Waals surface area contributed by atoms with Crippen LogP contribution in [0, 0.1) is 0 Å². The van der Waals surface area contributed by atoms with Gasteiger partial charge in [0.25, 0.3) is 0 Å². The van der Waals surface area contributed by atoms with Gasteiger partial charge < -0.3 is 10.3 Å². The number of rotatable bonds is 1. The fourth-order valence-electron chi connectivity index (χ4n) is 0.516. The van der Waals surface area contributed by atoms with Crippen LogP contribution in [-0.4, -0.2) is 26.0 Å². The third kappa shape index (κ3) is 1.34. The molecule has 0 amide bonds. The van der Waals surface area contributed by atoms with Crippen molar-refractivity contribution >= 4 is 5.97 Å².